The predicted molar refractivity (Wildman–Crippen MR) is 71.7 cm³/mol. The maximum Gasteiger partial charge on any atom is 0.416 e. The molecular formula is C14H13F3N2O3. The molecule has 0 bridgehead atoms. The van der Waals surface area contributed by atoms with Gasteiger partial charge in [-0.1, -0.05) is 0 Å². The van der Waals surface area contributed by atoms with Crippen LogP contribution in [0.5, 0.6) is 5.88 Å². The van der Waals surface area contributed by atoms with Crippen LogP contribution in [-0.2, 0) is 10.9 Å². The van der Waals surface area contributed by atoms with Crippen LogP contribution >= 0.6 is 0 Å². The molecule has 0 saturated heterocycles. The third-order valence-corrected chi connectivity index (χ3v) is 2.71. The SMILES string of the molecule is CCOC(=O)c1nc2cc(C(F)(F)F)ccc2nc1OCC. The first-order valence-electron chi connectivity index (χ1n) is 6.55. The monoisotopic (exact) mass is 314 g/mol. The number of hydrogen-bond donors (Lipinski definition) is 0. The lowest BCUT2D eigenvalue weighted by Crippen LogP contribution is -2.12. The highest BCUT2D eigenvalue weighted by atomic mass is 19.4. The number of ether oxygens (including phenoxy) is 2. The van der Waals surface area contributed by atoms with Gasteiger partial charge in [0.1, 0.15) is 0 Å². The fourth-order valence-corrected chi connectivity index (χ4v) is 1.78. The number of esters is 1. The van der Waals surface area contributed by atoms with Crippen LogP contribution in [0.25, 0.3) is 11.0 Å². The van der Waals surface area contributed by atoms with E-state index in [0.29, 0.717) is 0 Å². The van der Waals surface area contributed by atoms with E-state index >= 15 is 0 Å². The van der Waals surface area contributed by atoms with Crippen molar-refractivity contribution < 1.29 is 27.4 Å². The van der Waals surface area contributed by atoms with E-state index in [-0.39, 0.29) is 35.8 Å². The van der Waals surface area contributed by atoms with Crippen LogP contribution in [-0.4, -0.2) is 29.2 Å². The smallest absolute Gasteiger partial charge is 0.416 e. The Morgan fingerprint density at radius 1 is 1.14 bits per heavy atom. The van der Waals surface area contributed by atoms with Crippen LogP contribution < -0.4 is 4.74 Å². The lowest BCUT2D eigenvalue weighted by atomic mass is 10.2. The number of carbonyl (C=O) groups is 1. The molecule has 22 heavy (non-hydrogen) atoms. The molecule has 0 N–H and O–H groups in total. The maximum atomic E-state index is 12.7. The Morgan fingerprint density at radius 2 is 1.86 bits per heavy atom. The quantitative estimate of drug-likeness (QED) is 0.811. The van der Waals surface area contributed by atoms with Gasteiger partial charge in [0.2, 0.25) is 11.6 Å². The van der Waals surface area contributed by atoms with Gasteiger partial charge in [0.25, 0.3) is 0 Å². The second kappa shape index (κ2) is 6.17. The molecule has 0 radical (unpaired) electrons. The molecule has 118 valence electrons. The zero-order valence-corrected chi connectivity index (χ0v) is 11.9. The topological polar surface area (TPSA) is 61.3 Å². The summed E-state index contributed by atoms with van der Waals surface area (Å²) in [5.41, 5.74) is -0.963. The normalized spacial score (nSPS) is 11.5. The van der Waals surface area contributed by atoms with Crippen LogP contribution in [0.2, 0.25) is 0 Å². The molecule has 0 aliphatic heterocycles. The summed E-state index contributed by atoms with van der Waals surface area (Å²) in [5.74, 6) is -0.856. The van der Waals surface area contributed by atoms with E-state index in [4.69, 9.17) is 9.47 Å². The first kappa shape index (κ1) is 16.0. The van der Waals surface area contributed by atoms with E-state index in [1.807, 2.05) is 0 Å². The molecule has 2 rings (SSSR count). The van der Waals surface area contributed by atoms with Gasteiger partial charge >= 0.3 is 12.1 Å². The van der Waals surface area contributed by atoms with Gasteiger partial charge in [0.15, 0.2) is 0 Å². The number of aromatic nitrogens is 2. The second-order valence-electron chi connectivity index (χ2n) is 4.23. The third kappa shape index (κ3) is 3.26. The van der Waals surface area contributed by atoms with Crippen molar-refractivity contribution in [3.05, 3.63) is 29.5 Å². The van der Waals surface area contributed by atoms with E-state index < -0.39 is 17.7 Å². The molecule has 0 aliphatic rings. The van der Waals surface area contributed by atoms with Crippen LogP contribution in [0.4, 0.5) is 13.2 Å². The summed E-state index contributed by atoms with van der Waals surface area (Å²) in [6.07, 6.45) is -4.50. The van der Waals surface area contributed by atoms with Crippen molar-refractivity contribution in [2.24, 2.45) is 0 Å². The Hall–Kier alpha value is -2.38. The maximum absolute atomic E-state index is 12.7. The summed E-state index contributed by atoms with van der Waals surface area (Å²) < 4.78 is 48.2. The van der Waals surface area contributed by atoms with Crippen molar-refractivity contribution in [1.29, 1.82) is 0 Å². The molecule has 0 spiro atoms. The highest BCUT2D eigenvalue weighted by molar-refractivity contribution is 5.92. The number of nitrogens with zero attached hydrogens (tertiary/aromatic N) is 2. The lowest BCUT2D eigenvalue weighted by Gasteiger charge is -2.11. The van der Waals surface area contributed by atoms with E-state index in [9.17, 15) is 18.0 Å². The van der Waals surface area contributed by atoms with E-state index in [2.05, 4.69) is 9.97 Å². The minimum atomic E-state index is -4.50. The Bertz CT molecular complexity index is 702. The fraction of sp³-hybridized carbons (Fsp3) is 0.357. The van der Waals surface area contributed by atoms with Gasteiger partial charge < -0.3 is 9.47 Å². The van der Waals surface area contributed by atoms with E-state index in [0.717, 1.165) is 12.1 Å². The molecule has 0 aliphatic carbocycles. The van der Waals surface area contributed by atoms with Crippen molar-refractivity contribution in [2.75, 3.05) is 13.2 Å². The molecule has 1 aromatic carbocycles. The molecule has 0 saturated carbocycles. The van der Waals surface area contributed by atoms with Gasteiger partial charge in [-0.05, 0) is 32.0 Å². The molecule has 8 heteroatoms. The number of halogens is 3. The minimum absolute atomic E-state index is 0.0543. The van der Waals surface area contributed by atoms with Crippen molar-refractivity contribution in [3.8, 4) is 5.88 Å². The largest absolute Gasteiger partial charge is 0.476 e. The number of benzene rings is 1. The molecule has 2 aromatic rings. The van der Waals surface area contributed by atoms with Crippen LogP contribution in [0.15, 0.2) is 18.2 Å². The van der Waals surface area contributed by atoms with E-state index in [1.54, 1.807) is 13.8 Å². The molecule has 0 unspecified atom stereocenters. The highest BCUT2D eigenvalue weighted by Gasteiger charge is 2.31. The Morgan fingerprint density at radius 3 is 2.45 bits per heavy atom. The number of hydrogen-bond acceptors (Lipinski definition) is 5. The van der Waals surface area contributed by atoms with Gasteiger partial charge in [0, 0.05) is 0 Å². The Labute approximate surface area is 124 Å². The van der Waals surface area contributed by atoms with E-state index in [1.165, 1.54) is 6.07 Å². The average molecular weight is 314 g/mol. The van der Waals surface area contributed by atoms with Gasteiger partial charge in [-0.15, -0.1) is 0 Å². The first-order valence-corrected chi connectivity index (χ1v) is 6.55. The van der Waals surface area contributed by atoms with Gasteiger partial charge in [0.05, 0.1) is 29.8 Å². The Balaban J connectivity index is 2.60. The number of carbonyl (C=O) groups excluding carboxylic acids is 1. The zero-order chi connectivity index (χ0) is 16.3. The van der Waals surface area contributed by atoms with Gasteiger partial charge in [-0.2, -0.15) is 13.2 Å². The number of fused-ring (bicyclic) bond motifs is 1. The molecule has 5 nitrogen and oxygen atoms in total. The van der Waals surface area contributed by atoms with Crippen molar-refractivity contribution in [3.63, 3.8) is 0 Å². The second-order valence-corrected chi connectivity index (χ2v) is 4.23. The average Bonchev–Trinajstić information content (AvgIpc) is 2.45. The predicted octanol–water partition coefficient (Wildman–Crippen LogP) is 3.22. The van der Waals surface area contributed by atoms with Crippen molar-refractivity contribution >= 4 is 17.0 Å². The fourth-order valence-electron chi connectivity index (χ4n) is 1.78. The third-order valence-electron chi connectivity index (χ3n) is 2.71. The van der Waals surface area contributed by atoms with Crippen molar-refractivity contribution in [1.82, 2.24) is 9.97 Å². The number of rotatable bonds is 4. The molecule has 0 amide bonds. The summed E-state index contributed by atoms with van der Waals surface area (Å²) >= 11 is 0. The van der Waals surface area contributed by atoms with Gasteiger partial charge in [-0.25, -0.2) is 14.8 Å². The summed E-state index contributed by atoms with van der Waals surface area (Å²) in [6.45, 7) is 3.63. The summed E-state index contributed by atoms with van der Waals surface area (Å²) in [5, 5.41) is 0. The summed E-state index contributed by atoms with van der Waals surface area (Å²) in [7, 11) is 0. The van der Waals surface area contributed by atoms with Crippen LogP contribution in [0.1, 0.15) is 29.9 Å². The standard InChI is InChI=1S/C14H13F3N2O3/c1-3-21-12-11(13(20)22-4-2)18-10-7-8(14(15,16)17)5-6-9(10)19-12/h5-7H,3-4H2,1-2H3. The Kier molecular flexibility index (Phi) is 4.48. The van der Waals surface area contributed by atoms with Crippen molar-refractivity contribution in [2.45, 2.75) is 20.0 Å². The minimum Gasteiger partial charge on any atom is -0.476 e. The van der Waals surface area contributed by atoms with Crippen LogP contribution in [0.3, 0.4) is 0 Å². The van der Waals surface area contributed by atoms with Gasteiger partial charge in [-0.3, -0.25) is 0 Å². The molecule has 0 atom stereocenters. The molecular weight excluding hydrogens is 301 g/mol. The zero-order valence-electron chi connectivity index (χ0n) is 11.9. The number of alkyl halides is 3. The van der Waals surface area contributed by atoms with Crippen LogP contribution in [0, 0.1) is 0 Å². The molecule has 1 heterocycles. The summed E-state index contributed by atoms with van der Waals surface area (Å²) in [6, 6.07) is 2.92. The molecule has 0 fully saturated rings. The first-order chi connectivity index (χ1) is 10.4. The highest BCUT2D eigenvalue weighted by Crippen LogP contribution is 2.31. The molecule has 1 aromatic heterocycles. The summed E-state index contributed by atoms with van der Waals surface area (Å²) in [4.78, 5) is 19.8. The lowest BCUT2D eigenvalue weighted by molar-refractivity contribution is -0.137.